The maximum Gasteiger partial charge on any atom is 0.139 e. The first-order chi connectivity index (χ1) is 9.81. The summed E-state index contributed by atoms with van der Waals surface area (Å²) in [6.45, 7) is 2.10. The highest BCUT2D eigenvalue weighted by Crippen LogP contribution is 2.28. The van der Waals surface area contributed by atoms with E-state index < -0.39 is 0 Å². The molecule has 0 aliphatic rings. The maximum absolute atomic E-state index is 4.72. The molecule has 0 saturated heterocycles. The molecule has 4 rings (SSSR count). The van der Waals surface area contributed by atoms with E-state index in [4.69, 9.17) is 4.98 Å². The van der Waals surface area contributed by atoms with Crippen LogP contribution in [0.4, 0.5) is 0 Å². The van der Waals surface area contributed by atoms with Gasteiger partial charge in [-0.15, -0.1) is 0 Å². The fourth-order valence-electron chi connectivity index (χ4n) is 2.68. The number of aromatic amines is 1. The van der Waals surface area contributed by atoms with Crippen LogP contribution in [0.15, 0.2) is 60.7 Å². The normalized spacial score (nSPS) is 11.2. The first kappa shape index (κ1) is 11.2. The number of hydrogen-bond donors (Lipinski definition) is 1. The van der Waals surface area contributed by atoms with Gasteiger partial charge in [-0.2, -0.15) is 0 Å². The third kappa shape index (κ3) is 1.69. The Hall–Kier alpha value is -2.61. The van der Waals surface area contributed by atoms with E-state index in [-0.39, 0.29) is 0 Å². The van der Waals surface area contributed by atoms with Crippen molar-refractivity contribution in [2.45, 2.75) is 6.92 Å². The van der Waals surface area contributed by atoms with Crippen molar-refractivity contribution in [1.29, 1.82) is 0 Å². The summed E-state index contributed by atoms with van der Waals surface area (Å²) < 4.78 is 0. The van der Waals surface area contributed by atoms with Crippen molar-refractivity contribution in [3.8, 4) is 11.4 Å². The molecule has 0 atom stereocenters. The molecule has 3 aromatic carbocycles. The zero-order valence-electron chi connectivity index (χ0n) is 11.2. The van der Waals surface area contributed by atoms with Gasteiger partial charge in [0.2, 0.25) is 0 Å². The number of nitrogens with one attached hydrogen (secondary N) is 1. The number of imidazole rings is 1. The van der Waals surface area contributed by atoms with E-state index in [0.29, 0.717) is 0 Å². The lowest BCUT2D eigenvalue weighted by Gasteiger charge is -2.03. The van der Waals surface area contributed by atoms with Crippen LogP contribution in [0.3, 0.4) is 0 Å². The molecule has 0 saturated carbocycles. The first-order valence-corrected chi connectivity index (χ1v) is 6.76. The van der Waals surface area contributed by atoms with Crippen molar-refractivity contribution in [3.63, 3.8) is 0 Å². The minimum absolute atomic E-state index is 0.933. The van der Waals surface area contributed by atoms with E-state index in [1.165, 1.54) is 16.3 Å². The predicted molar refractivity (Wildman–Crippen MR) is 83.8 cm³/mol. The fourth-order valence-corrected chi connectivity index (χ4v) is 2.68. The molecule has 2 heteroatoms. The topological polar surface area (TPSA) is 28.7 Å². The highest BCUT2D eigenvalue weighted by molar-refractivity contribution is 5.96. The molecule has 4 aromatic rings. The van der Waals surface area contributed by atoms with Gasteiger partial charge in [0.25, 0.3) is 0 Å². The van der Waals surface area contributed by atoms with Crippen LogP contribution in [0, 0.1) is 6.92 Å². The molecule has 0 radical (unpaired) electrons. The molecule has 0 aliphatic carbocycles. The molecule has 0 aliphatic heterocycles. The van der Waals surface area contributed by atoms with Crippen LogP contribution in [0.25, 0.3) is 33.2 Å². The average molecular weight is 258 g/mol. The van der Waals surface area contributed by atoms with E-state index in [9.17, 15) is 0 Å². The van der Waals surface area contributed by atoms with Crippen molar-refractivity contribution >= 4 is 21.8 Å². The second kappa shape index (κ2) is 4.20. The molecule has 0 unspecified atom stereocenters. The minimum Gasteiger partial charge on any atom is -0.338 e. The van der Waals surface area contributed by atoms with Gasteiger partial charge in [0.15, 0.2) is 0 Å². The summed E-state index contributed by atoms with van der Waals surface area (Å²) in [5.74, 6) is 0.933. The van der Waals surface area contributed by atoms with E-state index in [1.807, 2.05) is 0 Å². The third-order valence-corrected chi connectivity index (χ3v) is 3.68. The summed E-state index contributed by atoms with van der Waals surface area (Å²) >= 11 is 0. The Morgan fingerprint density at radius 1 is 0.900 bits per heavy atom. The number of H-pyrrole nitrogens is 1. The second-order valence-electron chi connectivity index (χ2n) is 5.13. The highest BCUT2D eigenvalue weighted by Gasteiger charge is 2.08. The van der Waals surface area contributed by atoms with Crippen molar-refractivity contribution in [3.05, 3.63) is 66.2 Å². The van der Waals surface area contributed by atoms with Gasteiger partial charge in [-0.05, 0) is 35.4 Å². The van der Waals surface area contributed by atoms with Crippen molar-refractivity contribution in [1.82, 2.24) is 9.97 Å². The molecule has 2 nitrogen and oxygen atoms in total. The summed E-state index contributed by atoms with van der Waals surface area (Å²) in [4.78, 5) is 8.15. The van der Waals surface area contributed by atoms with Crippen LogP contribution >= 0.6 is 0 Å². The molecule has 20 heavy (non-hydrogen) atoms. The van der Waals surface area contributed by atoms with Gasteiger partial charge in [0.1, 0.15) is 5.82 Å². The number of hydrogen-bond acceptors (Lipinski definition) is 1. The summed E-state index contributed by atoms with van der Waals surface area (Å²) in [7, 11) is 0. The zero-order chi connectivity index (χ0) is 13.5. The number of benzene rings is 3. The lowest BCUT2D eigenvalue weighted by molar-refractivity contribution is 1.35. The van der Waals surface area contributed by atoms with Crippen LogP contribution in [-0.2, 0) is 0 Å². The summed E-state index contributed by atoms with van der Waals surface area (Å²) in [5.41, 5.74) is 4.49. The van der Waals surface area contributed by atoms with Crippen molar-refractivity contribution in [2.24, 2.45) is 0 Å². The van der Waals surface area contributed by atoms with Gasteiger partial charge < -0.3 is 4.98 Å². The zero-order valence-corrected chi connectivity index (χ0v) is 11.2. The molecule has 0 fully saturated rings. The van der Waals surface area contributed by atoms with E-state index in [0.717, 1.165) is 22.4 Å². The highest BCUT2D eigenvalue weighted by atomic mass is 14.9. The number of rotatable bonds is 1. The molecule has 0 bridgehead atoms. The molecule has 1 heterocycles. The van der Waals surface area contributed by atoms with Crippen molar-refractivity contribution in [2.75, 3.05) is 0 Å². The summed E-state index contributed by atoms with van der Waals surface area (Å²) in [6.07, 6.45) is 0. The Bertz CT molecular complexity index is 914. The second-order valence-corrected chi connectivity index (χ2v) is 5.13. The SMILES string of the molecule is Cc1ccc2nc(-c3cccc4ccccc34)[nH]c2c1. The minimum atomic E-state index is 0.933. The molecule has 0 spiro atoms. The Morgan fingerprint density at radius 2 is 1.75 bits per heavy atom. The average Bonchev–Trinajstić information content (AvgIpc) is 2.89. The van der Waals surface area contributed by atoms with Gasteiger partial charge in [0, 0.05) is 5.56 Å². The smallest absolute Gasteiger partial charge is 0.139 e. The molecule has 96 valence electrons. The molecular weight excluding hydrogens is 244 g/mol. The largest absolute Gasteiger partial charge is 0.338 e. The monoisotopic (exact) mass is 258 g/mol. The number of fused-ring (bicyclic) bond motifs is 2. The van der Waals surface area contributed by atoms with Gasteiger partial charge >= 0.3 is 0 Å². The lowest BCUT2D eigenvalue weighted by atomic mass is 10.0. The van der Waals surface area contributed by atoms with Crippen LogP contribution in [0.2, 0.25) is 0 Å². The maximum atomic E-state index is 4.72. The Morgan fingerprint density at radius 3 is 2.70 bits per heavy atom. The van der Waals surface area contributed by atoms with Crippen LogP contribution in [0.5, 0.6) is 0 Å². The molecule has 0 amide bonds. The Kier molecular flexibility index (Phi) is 2.36. The van der Waals surface area contributed by atoms with Crippen LogP contribution in [-0.4, -0.2) is 9.97 Å². The Labute approximate surface area is 117 Å². The molecular formula is C18H14N2. The van der Waals surface area contributed by atoms with Gasteiger partial charge in [-0.3, -0.25) is 0 Å². The van der Waals surface area contributed by atoms with E-state index in [1.54, 1.807) is 0 Å². The van der Waals surface area contributed by atoms with Crippen LogP contribution < -0.4 is 0 Å². The number of aromatic nitrogens is 2. The first-order valence-electron chi connectivity index (χ1n) is 6.76. The molecule has 1 N–H and O–H groups in total. The van der Waals surface area contributed by atoms with E-state index >= 15 is 0 Å². The summed E-state index contributed by atoms with van der Waals surface area (Å²) in [5, 5.41) is 2.47. The molecule has 1 aromatic heterocycles. The van der Waals surface area contributed by atoms with Gasteiger partial charge in [-0.1, -0.05) is 48.5 Å². The standard InChI is InChI=1S/C18H14N2/c1-12-9-10-16-17(11-12)20-18(19-16)15-8-4-6-13-5-2-3-7-14(13)15/h2-11H,1H3,(H,19,20). The predicted octanol–water partition coefficient (Wildman–Crippen LogP) is 4.69. The van der Waals surface area contributed by atoms with Gasteiger partial charge in [-0.25, -0.2) is 4.98 Å². The van der Waals surface area contributed by atoms with Crippen LogP contribution in [0.1, 0.15) is 5.56 Å². The van der Waals surface area contributed by atoms with Gasteiger partial charge in [0.05, 0.1) is 11.0 Å². The van der Waals surface area contributed by atoms with Crippen molar-refractivity contribution < 1.29 is 0 Å². The number of nitrogens with zero attached hydrogens (tertiary/aromatic N) is 1. The third-order valence-electron chi connectivity index (χ3n) is 3.68. The lowest BCUT2D eigenvalue weighted by Crippen LogP contribution is -1.82. The quantitative estimate of drug-likeness (QED) is 0.527. The van der Waals surface area contributed by atoms with E-state index in [2.05, 4.69) is 72.6 Å². The fraction of sp³-hybridized carbons (Fsp3) is 0.0556. The Balaban J connectivity index is 2.01. The summed E-state index contributed by atoms with van der Waals surface area (Å²) in [6, 6.07) is 21.0. The number of aryl methyl sites for hydroxylation is 1.